The van der Waals surface area contributed by atoms with Crippen LogP contribution < -0.4 is 10.6 Å². The third-order valence-corrected chi connectivity index (χ3v) is 6.38. The Labute approximate surface area is 162 Å². The maximum atomic E-state index is 4.45. The fourth-order valence-electron chi connectivity index (χ4n) is 4.38. The minimum atomic E-state index is 0.591. The van der Waals surface area contributed by atoms with Crippen molar-refractivity contribution in [3.63, 3.8) is 0 Å². The first-order valence-electron chi connectivity index (χ1n) is 10.9. The van der Waals surface area contributed by atoms with E-state index in [2.05, 4.69) is 53.1 Å². The molecule has 5 heteroatoms. The van der Waals surface area contributed by atoms with Gasteiger partial charge in [-0.05, 0) is 50.0 Å². The van der Waals surface area contributed by atoms with E-state index in [0.717, 1.165) is 24.3 Å². The molecule has 2 fully saturated rings. The molecule has 0 aromatic carbocycles. The summed E-state index contributed by atoms with van der Waals surface area (Å²) in [6.45, 7) is 17.6. The van der Waals surface area contributed by atoms with Crippen LogP contribution in [0.1, 0.15) is 53.4 Å². The van der Waals surface area contributed by atoms with Gasteiger partial charge in [0.05, 0.1) is 0 Å². The van der Waals surface area contributed by atoms with Gasteiger partial charge in [0.15, 0.2) is 5.96 Å². The topological polar surface area (TPSA) is 42.9 Å². The zero-order valence-corrected chi connectivity index (χ0v) is 17.9. The van der Waals surface area contributed by atoms with Gasteiger partial charge >= 0.3 is 0 Å². The zero-order valence-electron chi connectivity index (χ0n) is 17.9. The molecular formula is C21H43N5. The van der Waals surface area contributed by atoms with E-state index in [1.807, 2.05) is 7.05 Å². The van der Waals surface area contributed by atoms with Crippen molar-refractivity contribution in [2.24, 2.45) is 22.7 Å². The lowest BCUT2D eigenvalue weighted by molar-refractivity contribution is 0.124. The summed E-state index contributed by atoms with van der Waals surface area (Å²) in [6.07, 6.45) is 5.26. The Hall–Kier alpha value is -0.810. The number of piperazine rings is 1. The highest BCUT2D eigenvalue weighted by Gasteiger charge is 2.24. The van der Waals surface area contributed by atoms with Gasteiger partial charge in [-0.25, -0.2) is 0 Å². The van der Waals surface area contributed by atoms with E-state index in [0.29, 0.717) is 12.0 Å². The molecule has 1 saturated heterocycles. The van der Waals surface area contributed by atoms with Crippen LogP contribution in [0.25, 0.3) is 0 Å². The molecule has 2 N–H and O–H groups in total. The van der Waals surface area contributed by atoms with Gasteiger partial charge in [0.1, 0.15) is 0 Å². The largest absolute Gasteiger partial charge is 0.356 e. The second-order valence-corrected chi connectivity index (χ2v) is 8.79. The highest BCUT2D eigenvalue weighted by Crippen LogP contribution is 2.29. The van der Waals surface area contributed by atoms with Crippen molar-refractivity contribution in [2.45, 2.75) is 59.4 Å². The maximum Gasteiger partial charge on any atom is 0.191 e. The average Bonchev–Trinajstić information content (AvgIpc) is 2.66. The predicted octanol–water partition coefficient (Wildman–Crippen LogP) is 2.64. The number of aliphatic imine (C=N–C) groups is 1. The molecule has 1 atom stereocenters. The second-order valence-electron chi connectivity index (χ2n) is 8.79. The first-order chi connectivity index (χ1) is 12.5. The van der Waals surface area contributed by atoms with Crippen LogP contribution in [0.5, 0.6) is 0 Å². The molecule has 0 bridgehead atoms. The Morgan fingerprint density at radius 2 is 1.62 bits per heavy atom. The molecule has 0 aromatic rings. The van der Waals surface area contributed by atoms with E-state index in [1.54, 1.807) is 0 Å². The van der Waals surface area contributed by atoms with Gasteiger partial charge in [-0.15, -0.1) is 0 Å². The third kappa shape index (κ3) is 7.07. The molecule has 5 nitrogen and oxygen atoms in total. The normalized spacial score (nSPS) is 27.5. The van der Waals surface area contributed by atoms with Gasteiger partial charge in [0.2, 0.25) is 0 Å². The van der Waals surface area contributed by atoms with E-state index < -0.39 is 0 Å². The van der Waals surface area contributed by atoms with Crippen LogP contribution in [-0.2, 0) is 0 Å². The first-order valence-corrected chi connectivity index (χ1v) is 10.9. The van der Waals surface area contributed by atoms with Crippen molar-refractivity contribution >= 4 is 5.96 Å². The molecule has 1 aliphatic heterocycles. The highest BCUT2D eigenvalue weighted by molar-refractivity contribution is 5.79. The third-order valence-electron chi connectivity index (χ3n) is 6.38. The molecule has 1 aliphatic carbocycles. The molecule has 1 saturated carbocycles. The van der Waals surface area contributed by atoms with Crippen molar-refractivity contribution in [2.75, 3.05) is 52.9 Å². The standard InChI is InChI=1S/C21H43N5/c1-6-25-11-13-26(14-12-25)16-18(4)15-23-21(22-5)24-20-9-7-19(8-10-20)17(2)3/h17-20H,6-16H2,1-5H3,(H2,22,23,24). The van der Waals surface area contributed by atoms with E-state index in [1.165, 1.54) is 65.0 Å². The molecule has 0 radical (unpaired) electrons. The quantitative estimate of drug-likeness (QED) is 0.538. The van der Waals surface area contributed by atoms with Gasteiger partial charge in [0.25, 0.3) is 0 Å². The van der Waals surface area contributed by atoms with Crippen LogP contribution in [0, 0.1) is 17.8 Å². The van der Waals surface area contributed by atoms with Gasteiger partial charge in [-0.3, -0.25) is 4.99 Å². The number of nitrogens with zero attached hydrogens (tertiary/aromatic N) is 3. The fraction of sp³-hybridized carbons (Fsp3) is 0.952. The molecule has 1 unspecified atom stereocenters. The number of rotatable bonds is 7. The second kappa shape index (κ2) is 11.1. The number of hydrogen-bond donors (Lipinski definition) is 2. The summed E-state index contributed by atoms with van der Waals surface area (Å²) in [6, 6.07) is 0.591. The summed E-state index contributed by atoms with van der Waals surface area (Å²) in [5, 5.41) is 7.22. The molecule has 2 aliphatic rings. The van der Waals surface area contributed by atoms with Crippen molar-refractivity contribution in [3.05, 3.63) is 0 Å². The lowest BCUT2D eigenvalue weighted by atomic mass is 9.80. The smallest absolute Gasteiger partial charge is 0.191 e. The number of likely N-dealkylation sites (N-methyl/N-ethyl adjacent to an activating group) is 1. The van der Waals surface area contributed by atoms with E-state index in [9.17, 15) is 0 Å². The predicted molar refractivity (Wildman–Crippen MR) is 113 cm³/mol. The van der Waals surface area contributed by atoms with Crippen LogP contribution in [-0.4, -0.2) is 74.7 Å². The van der Waals surface area contributed by atoms with Crippen LogP contribution in [0.4, 0.5) is 0 Å². The summed E-state index contributed by atoms with van der Waals surface area (Å²) >= 11 is 0. The summed E-state index contributed by atoms with van der Waals surface area (Å²) in [7, 11) is 1.89. The first kappa shape index (κ1) is 21.5. The van der Waals surface area contributed by atoms with Gasteiger partial charge in [-0.2, -0.15) is 0 Å². The molecule has 152 valence electrons. The van der Waals surface area contributed by atoms with Crippen LogP contribution in [0.15, 0.2) is 4.99 Å². The SMILES string of the molecule is CCN1CCN(CC(C)CNC(=NC)NC2CCC(C(C)C)CC2)CC1. The Kier molecular flexibility index (Phi) is 9.20. The summed E-state index contributed by atoms with van der Waals surface area (Å²) in [5.41, 5.74) is 0. The number of nitrogens with one attached hydrogen (secondary N) is 2. The van der Waals surface area contributed by atoms with Gasteiger partial charge < -0.3 is 20.4 Å². The highest BCUT2D eigenvalue weighted by atomic mass is 15.3. The minimum Gasteiger partial charge on any atom is -0.356 e. The van der Waals surface area contributed by atoms with Crippen molar-refractivity contribution in [1.82, 2.24) is 20.4 Å². The summed E-state index contributed by atoms with van der Waals surface area (Å²) in [4.78, 5) is 9.60. The molecular weight excluding hydrogens is 322 g/mol. The summed E-state index contributed by atoms with van der Waals surface area (Å²) in [5.74, 6) is 3.36. The van der Waals surface area contributed by atoms with Crippen LogP contribution in [0.3, 0.4) is 0 Å². The Balaban J connectivity index is 1.64. The molecule has 0 amide bonds. The van der Waals surface area contributed by atoms with Crippen LogP contribution >= 0.6 is 0 Å². The molecule has 26 heavy (non-hydrogen) atoms. The van der Waals surface area contributed by atoms with Gasteiger partial charge in [-0.1, -0.05) is 27.7 Å². The number of hydrogen-bond acceptors (Lipinski definition) is 3. The van der Waals surface area contributed by atoms with E-state index in [4.69, 9.17) is 0 Å². The molecule has 2 rings (SSSR count). The Morgan fingerprint density at radius 1 is 1.00 bits per heavy atom. The van der Waals surface area contributed by atoms with E-state index >= 15 is 0 Å². The lowest BCUT2D eigenvalue weighted by Crippen LogP contribution is -2.49. The summed E-state index contributed by atoms with van der Waals surface area (Å²) < 4.78 is 0. The van der Waals surface area contributed by atoms with Crippen molar-refractivity contribution in [1.29, 1.82) is 0 Å². The van der Waals surface area contributed by atoms with E-state index in [-0.39, 0.29) is 0 Å². The minimum absolute atomic E-state index is 0.591. The Morgan fingerprint density at radius 3 is 2.15 bits per heavy atom. The zero-order chi connectivity index (χ0) is 18.9. The number of guanidine groups is 1. The molecule has 0 aromatic heterocycles. The molecule has 0 spiro atoms. The lowest BCUT2D eigenvalue weighted by Gasteiger charge is -2.35. The fourth-order valence-corrected chi connectivity index (χ4v) is 4.38. The van der Waals surface area contributed by atoms with Crippen LogP contribution in [0.2, 0.25) is 0 Å². The van der Waals surface area contributed by atoms with Crippen molar-refractivity contribution < 1.29 is 0 Å². The van der Waals surface area contributed by atoms with Crippen molar-refractivity contribution in [3.8, 4) is 0 Å². The average molecular weight is 366 g/mol. The monoisotopic (exact) mass is 365 g/mol. The maximum absolute atomic E-state index is 4.45. The molecule has 1 heterocycles. The Bertz CT molecular complexity index is 407. The van der Waals surface area contributed by atoms with Gasteiger partial charge in [0, 0.05) is 52.4 Å².